The van der Waals surface area contributed by atoms with E-state index in [1.807, 2.05) is 6.92 Å². The van der Waals surface area contributed by atoms with Crippen LogP contribution in [0.2, 0.25) is 0 Å². The van der Waals surface area contributed by atoms with Crippen LogP contribution < -0.4 is 5.32 Å². The number of carbonyl (C=O) groups is 3. The van der Waals surface area contributed by atoms with Gasteiger partial charge in [0.1, 0.15) is 5.00 Å². The Balaban J connectivity index is 3.11. The Morgan fingerprint density at radius 2 is 1.90 bits per heavy atom. The highest BCUT2D eigenvalue weighted by molar-refractivity contribution is 7.18. The molecule has 0 aliphatic rings. The molecule has 21 heavy (non-hydrogen) atoms. The molecule has 0 radical (unpaired) electrons. The van der Waals surface area contributed by atoms with Gasteiger partial charge in [0.05, 0.1) is 17.0 Å². The number of carbonyl (C=O) groups excluding carboxylic acids is 3. The molecule has 1 aromatic heterocycles. The van der Waals surface area contributed by atoms with Crippen molar-refractivity contribution in [3.63, 3.8) is 0 Å². The molecular weight excluding hydrogens is 290 g/mol. The molecule has 6 heteroatoms. The van der Waals surface area contributed by atoms with Crippen LogP contribution in [-0.4, -0.2) is 24.3 Å². The maximum absolute atomic E-state index is 12.0. The summed E-state index contributed by atoms with van der Waals surface area (Å²) < 4.78 is 5.01. The molecule has 0 atom stereocenters. The first-order valence-corrected chi connectivity index (χ1v) is 7.85. The van der Waals surface area contributed by atoms with Crippen molar-refractivity contribution in [2.75, 3.05) is 11.9 Å². The van der Waals surface area contributed by atoms with Gasteiger partial charge in [0.25, 0.3) is 0 Å². The first kappa shape index (κ1) is 17.4. The summed E-state index contributed by atoms with van der Waals surface area (Å²) in [5, 5.41) is 3.13. The van der Waals surface area contributed by atoms with Gasteiger partial charge in [-0.25, -0.2) is 4.79 Å². The van der Waals surface area contributed by atoms with Crippen LogP contribution in [0.1, 0.15) is 65.6 Å². The Morgan fingerprint density at radius 1 is 1.24 bits per heavy atom. The molecule has 0 aliphatic heterocycles. The molecule has 5 nitrogen and oxygen atoms in total. The Bertz CT molecular complexity index is 548. The van der Waals surface area contributed by atoms with Gasteiger partial charge in [0, 0.05) is 6.42 Å². The number of nitrogens with one attached hydrogen (secondary N) is 1. The van der Waals surface area contributed by atoms with Crippen LogP contribution in [0.4, 0.5) is 5.00 Å². The van der Waals surface area contributed by atoms with Crippen molar-refractivity contribution >= 4 is 34.0 Å². The van der Waals surface area contributed by atoms with Crippen LogP contribution in [0.5, 0.6) is 0 Å². The van der Waals surface area contributed by atoms with Gasteiger partial charge in [-0.15, -0.1) is 11.3 Å². The lowest BCUT2D eigenvalue weighted by Crippen LogP contribution is -2.14. The van der Waals surface area contributed by atoms with E-state index >= 15 is 0 Å². The molecule has 0 bridgehead atoms. The van der Waals surface area contributed by atoms with E-state index in [0.717, 1.165) is 24.2 Å². The van der Waals surface area contributed by atoms with Crippen molar-refractivity contribution in [3.05, 3.63) is 16.0 Å². The van der Waals surface area contributed by atoms with Crippen molar-refractivity contribution < 1.29 is 19.1 Å². The fourth-order valence-electron chi connectivity index (χ4n) is 1.91. The lowest BCUT2D eigenvalue weighted by Gasteiger charge is -2.06. The summed E-state index contributed by atoms with van der Waals surface area (Å²) in [5.74, 6) is -0.791. The first-order valence-electron chi connectivity index (χ1n) is 7.03. The predicted molar refractivity (Wildman–Crippen MR) is 83.2 cm³/mol. The molecule has 0 aliphatic carbocycles. The van der Waals surface area contributed by atoms with Crippen LogP contribution in [0.15, 0.2) is 0 Å². The van der Waals surface area contributed by atoms with Gasteiger partial charge in [0.15, 0.2) is 5.78 Å². The minimum atomic E-state index is -0.510. The molecular formula is C15H21NO4S. The number of ketones is 1. The van der Waals surface area contributed by atoms with Crippen LogP contribution in [0.25, 0.3) is 0 Å². The standard InChI is InChI=1S/C15H21NO4S/c1-5-7-8-11(18)16-14-12(15(19)20-6-2)9(3)13(21-14)10(4)17/h5-8H2,1-4H3,(H,16,18). The molecule has 1 amide bonds. The second-order valence-corrected chi connectivity index (χ2v) is 5.71. The largest absolute Gasteiger partial charge is 0.462 e. The third-order valence-corrected chi connectivity index (χ3v) is 4.26. The van der Waals surface area contributed by atoms with Crippen LogP contribution in [0.3, 0.4) is 0 Å². The Labute approximate surface area is 128 Å². The summed E-state index contributed by atoms with van der Waals surface area (Å²) in [6, 6.07) is 0. The van der Waals surface area contributed by atoms with Gasteiger partial charge in [-0.05, 0) is 32.8 Å². The van der Waals surface area contributed by atoms with Crippen LogP contribution in [0, 0.1) is 6.92 Å². The Hall–Kier alpha value is -1.69. The zero-order chi connectivity index (χ0) is 16.0. The SMILES string of the molecule is CCCCC(=O)Nc1sc(C(C)=O)c(C)c1C(=O)OCC. The molecule has 0 saturated heterocycles. The number of unbranched alkanes of at least 4 members (excludes halogenated alkanes) is 1. The highest BCUT2D eigenvalue weighted by Gasteiger charge is 2.24. The number of rotatable bonds is 7. The van der Waals surface area contributed by atoms with Gasteiger partial charge in [-0.2, -0.15) is 0 Å². The smallest absolute Gasteiger partial charge is 0.341 e. The van der Waals surface area contributed by atoms with Gasteiger partial charge < -0.3 is 10.1 Å². The molecule has 116 valence electrons. The molecule has 0 aromatic carbocycles. The maximum atomic E-state index is 12.0. The van der Waals surface area contributed by atoms with Crippen molar-refractivity contribution in [1.82, 2.24) is 0 Å². The molecule has 1 aromatic rings. The third kappa shape index (κ3) is 4.39. The summed E-state index contributed by atoms with van der Waals surface area (Å²) in [6.45, 7) is 7.09. The number of ether oxygens (including phenoxy) is 1. The molecule has 1 rings (SSSR count). The fraction of sp³-hybridized carbons (Fsp3) is 0.533. The lowest BCUT2D eigenvalue weighted by molar-refractivity contribution is -0.116. The third-order valence-electron chi connectivity index (χ3n) is 2.96. The van der Waals surface area contributed by atoms with Crippen LogP contribution in [-0.2, 0) is 9.53 Å². The average Bonchev–Trinajstić information content (AvgIpc) is 2.73. The lowest BCUT2D eigenvalue weighted by atomic mass is 10.1. The number of Topliss-reactive ketones (excluding diaryl/α,β-unsaturated/α-hetero) is 1. The Kier molecular flexibility index (Phi) is 6.55. The van der Waals surface area contributed by atoms with E-state index < -0.39 is 5.97 Å². The maximum Gasteiger partial charge on any atom is 0.341 e. The average molecular weight is 311 g/mol. The zero-order valence-corrected chi connectivity index (χ0v) is 13.7. The van der Waals surface area contributed by atoms with Gasteiger partial charge in [0.2, 0.25) is 5.91 Å². The predicted octanol–water partition coefficient (Wildman–Crippen LogP) is 3.56. The second kappa shape index (κ2) is 7.93. The molecule has 1 heterocycles. The van der Waals surface area contributed by atoms with E-state index in [4.69, 9.17) is 4.74 Å². The number of hydrogen-bond donors (Lipinski definition) is 1. The van der Waals surface area contributed by atoms with E-state index in [9.17, 15) is 14.4 Å². The number of amides is 1. The monoisotopic (exact) mass is 311 g/mol. The fourth-order valence-corrected chi connectivity index (χ4v) is 3.02. The van der Waals surface area contributed by atoms with Gasteiger partial charge in [-0.3, -0.25) is 9.59 Å². The van der Waals surface area contributed by atoms with Crippen molar-refractivity contribution in [1.29, 1.82) is 0 Å². The number of hydrogen-bond acceptors (Lipinski definition) is 5. The number of thiophene rings is 1. The summed E-state index contributed by atoms with van der Waals surface area (Å²) in [6.07, 6.45) is 2.09. The minimum Gasteiger partial charge on any atom is -0.462 e. The van der Waals surface area contributed by atoms with E-state index in [0.29, 0.717) is 21.9 Å². The number of esters is 1. The molecule has 0 fully saturated rings. The normalized spacial score (nSPS) is 10.3. The summed E-state index contributed by atoms with van der Waals surface area (Å²) in [4.78, 5) is 36.0. The topological polar surface area (TPSA) is 72.5 Å². The minimum absolute atomic E-state index is 0.128. The zero-order valence-electron chi connectivity index (χ0n) is 12.9. The molecule has 0 spiro atoms. The van der Waals surface area contributed by atoms with Crippen molar-refractivity contribution in [2.45, 2.75) is 47.0 Å². The van der Waals surface area contributed by atoms with Gasteiger partial charge >= 0.3 is 5.97 Å². The van der Waals surface area contributed by atoms with Crippen molar-refractivity contribution in [2.24, 2.45) is 0 Å². The number of anilines is 1. The highest BCUT2D eigenvalue weighted by atomic mass is 32.1. The highest BCUT2D eigenvalue weighted by Crippen LogP contribution is 2.34. The van der Waals surface area contributed by atoms with Crippen LogP contribution >= 0.6 is 11.3 Å². The summed E-state index contributed by atoms with van der Waals surface area (Å²) >= 11 is 1.13. The second-order valence-electron chi connectivity index (χ2n) is 4.69. The molecule has 1 N–H and O–H groups in total. The quantitative estimate of drug-likeness (QED) is 0.617. The van der Waals surface area contributed by atoms with E-state index in [-0.39, 0.29) is 23.9 Å². The summed E-state index contributed by atoms with van der Waals surface area (Å²) in [7, 11) is 0. The molecule has 0 saturated carbocycles. The van der Waals surface area contributed by atoms with Crippen molar-refractivity contribution in [3.8, 4) is 0 Å². The van der Waals surface area contributed by atoms with E-state index in [2.05, 4.69) is 5.32 Å². The molecule has 0 unspecified atom stereocenters. The Morgan fingerprint density at radius 3 is 2.43 bits per heavy atom. The van der Waals surface area contributed by atoms with E-state index in [1.165, 1.54) is 6.92 Å². The summed E-state index contributed by atoms with van der Waals surface area (Å²) in [5.41, 5.74) is 0.855. The first-order chi connectivity index (χ1) is 9.92. The van der Waals surface area contributed by atoms with E-state index in [1.54, 1.807) is 13.8 Å². The van der Waals surface area contributed by atoms with Gasteiger partial charge in [-0.1, -0.05) is 13.3 Å².